The molecule has 2 N–H and O–H groups in total. The Morgan fingerprint density at radius 1 is 1.11 bits per heavy atom. The molecule has 4 saturated carbocycles. The molecule has 0 saturated heterocycles. The smallest absolute Gasteiger partial charge is 0.332 e. The van der Waals surface area contributed by atoms with Gasteiger partial charge in [-0.1, -0.05) is 6.07 Å². The van der Waals surface area contributed by atoms with E-state index in [0.29, 0.717) is 6.42 Å². The third-order valence-corrected chi connectivity index (χ3v) is 6.61. The van der Waals surface area contributed by atoms with Gasteiger partial charge in [-0.25, -0.2) is 0 Å². The molecule has 27 heavy (non-hydrogen) atoms. The zero-order valence-corrected chi connectivity index (χ0v) is 15.8. The Kier molecular flexibility index (Phi) is 4.69. The molecule has 0 aliphatic heterocycles. The Labute approximate surface area is 162 Å². The highest BCUT2D eigenvalue weighted by Crippen LogP contribution is 2.61. The van der Waals surface area contributed by atoms with Gasteiger partial charge in [-0.2, -0.15) is 13.2 Å². The van der Waals surface area contributed by atoms with Gasteiger partial charge in [0.2, 0.25) is 5.91 Å². The summed E-state index contributed by atoms with van der Waals surface area (Å²) >= 11 is 5.13. The van der Waals surface area contributed by atoms with Crippen LogP contribution in [0.2, 0.25) is 0 Å². The van der Waals surface area contributed by atoms with Gasteiger partial charge >= 0.3 is 6.18 Å². The second kappa shape index (κ2) is 6.76. The van der Waals surface area contributed by atoms with Crippen molar-refractivity contribution in [3.63, 3.8) is 0 Å². The normalized spacial score (nSPS) is 31.6. The molecule has 0 aromatic heterocycles. The van der Waals surface area contributed by atoms with Crippen LogP contribution >= 0.6 is 12.2 Å². The summed E-state index contributed by atoms with van der Waals surface area (Å²) < 4.78 is 38.4. The fourth-order valence-corrected chi connectivity index (χ4v) is 6.19. The highest BCUT2D eigenvalue weighted by Gasteiger charge is 2.51. The minimum Gasteiger partial charge on any atom is -0.332 e. The van der Waals surface area contributed by atoms with Crippen molar-refractivity contribution in [3.05, 3.63) is 29.8 Å². The number of anilines is 1. The molecule has 4 aliphatic rings. The van der Waals surface area contributed by atoms with E-state index in [4.69, 9.17) is 12.2 Å². The lowest BCUT2D eigenvalue weighted by atomic mass is 9.49. The Morgan fingerprint density at radius 2 is 1.70 bits per heavy atom. The third kappa shape index (κ3) is 4.13. The van der Waals surface area contributed by atoms with Crippen molar-refractivity contribution < 1.29 is 18.0 Å². The van der Waals surface area contributed by atoms with Crippen molar-refractivity contribution in [3.8, 4) is 0 Å². The molecule has 7 heteroatoms. The van der Waals surface area contributed by atoms with Gasteiger partial charge < -0.3 is 10.6 Å². The first-order valence-electron chi connectivity index (χ1n) is 9.49. The second-order valence-electron chi connectivity index (χ2n) is 8.68. The summed E-state index contributed by atoms with van der Waals surface area (Å²) in [6.45, 7) is 0. The van der Waals surface area contributed by atoms with Crippen LogP contribution in [0.4, 0.5) is 18.9 Å². The summed E-state index contributed by atoms with van der Waals surface area (Å²) in [5.74, 6) is 2.15. The number of carbonyl (C=O) groups is 1. The first-order valence-corrected chi connectivity index (χ1v) is 9.90. The summed E-state index contributed by atoms with van der Waals surface area (Å²) in [6, 6.07) is 4.79. The summed E-state index contributed by atoms with van der Waals surface area (Å²) in [5.41, 5.74) is -0.440. The molecule has 3 nitrogen and oxygen atoms in total. The molecule has 0 unspecified atom stereocenters. The van der Waals surface area contributed by atoms with Gasteiger partial charge in [0.05, 0.1) is 5.56 Å². The van der Waals surface area contributed by atoms with Gasteiger partial charge in [0.15, 0.2) is 5.11 Å². The molecular formula is C20H23F3N2OS. The number of hydrogen-bond donors (Lipinski definition) is 2. The van der Waals surface area contributed by atoms with Crippen molar-refractivity contribution in [2.45, 2.75) is 51.1 Å². The lowest BCUT2D eigenvalue weighted by Gasteiger charge is -2.56. The fraction of sp³-hybridized carbons (Fsp3) is 0.600. The summed E-state index contributed by atoms with van der Waals surface area (Å²) in [4.78, 5) is 12.5. The van der Waals surface area contributed by atoms with E-state index < -0.39 is 11.7 Å². The van der Waals surface area contributed by atoms with Crippen LogP contribution in [-0.2, 0) is 11.0 Å². The Hall–Kier alpha value is -1.63. The zero-order valence-electron chi connectivity index (χ0n) is 14.9. The number of hydrogen-bond acceptors (Lipinski definition) is 2. The highest BCUT2D eigenvalue weighted by atomic mass is 32.1. The molecule has 0 heterocycles. The fourth-order valence-electron chi connectivity index (χ4n) is 5.95. The van der Waals surface area contributed by atoms with Crippen LogP contribution in [0.25, 0.3) is 0 Å². The zero-order chi connectivity index (χ0) is 19.2. The van der Waals surface area contributed by atoms with Gasteiger partial charge in [-0.15, -0.1) is 0 Å². The van der Waals surface area contributed by atoms with E-state index >= 15 is 0 Å². The van der Waals surface area contributed by atoms with Crippen molar-refractivity contribution in [2.75, 3.05) is 5.32 Å². The first kappa shape index (κ1) is 18.7. The summed E-state index contributed by atoms with van der Waals surface area (Å²) in [7, 11) is 0. The number of carbonyl (C=O) groups excluding carboxylic acids is 1. The molecule has 146 valence electrons. The van der Waals surface area contributed by atoms with E-state index in [-0.39, 0.29) is 22.1 Å². The van der Waals surface area contributed by atoms with E-state index in [2.05, 4.69) is 10.6 Å². The maximum Gasteiger partial charge on any atom is 0.416 e. The average Bonchev–Trinajstić information content (AvgIpc) is 2.51. The Morgan fingerprint density at radius 3 is 2.26 bits per heavy atom. The van der Waals surface area contributed by atoms with E-state index in [9.17, 15) is 18.0 Å². The molecule has 4 fully saturated rings. The van der Waals surface area contributed by atoms with Crippen LogP contribution in [0, 0.1) is 23.2 Å². The van der Waals surface area contributed by atoms with Crippen LogP contribution in [0.3, 0.4) is 0 Å². The minimum atomic E-state index is -4.42. The van der Waals surface area contributed by atoms with Gasteiger partial charge in [0, 0.05) is 12.1 Å². The number of alkyl halides is 3. The van der Waals surface area contributed by atoms with Crippen molar-refractivity contribution in [1.82, 2.24) is 5.32 Å². The molecule has 1 aromatic carbocycles. The molecule has 0 radical (unpaired) electrons. The van der Waals surface area contributed by atoms with Crippen LogP contribution in [0.1, 0.15) is 50.5 Å². The number of thiocarbonyl (C=S) groups is 1. The van der Waals surface area contributed by atoms with E-state index in [1.807, 2.05) is 0 Å². The first-order chi connectivity index (χ1) is 12.7. The average molecular weight is 396 g/mol. The monoisotopic (exact) mass is 396 g/mol. The quantitative estimate of drug-likeness (QED) is 0.697. The molecule has 4 aliphatic carbocycles. The third-order valence-electron chi connectivity index (χ3n) is 6.40. The van der Waals surface area contributed by atoms with E-state index in [1.165, 1.54) is 31.4 Å². The SMILES string of the molecule is O=C(CC12CC3CC(CC(C3)C1)C2)NC(=S)Nc1cccc(C(F)(F)F)c1. The van der Waals surface area contributed by atoms with E-state index in [0.717, 1.165) is 49.1 Å². The maximum atomic E-state index is 12.8. The maximum absolute atomic E-state index is 12.8. The van der Waals surface area contributed by atoms with Crippen LogP contribution < -0.4 is 10.6 Å². The highest BCUT2D eigenvalue weighted by molar-refractivity contribution is 7.80. The molecule has 1 aromatic rings. The molecule has 1 amide bonds. The molecule has 0 atom stereocenters. The Bertz CT molecular complexity index is 727. The summed E-state index contributed by atoms with van der Waals surface area (Å²) in [5, 5.41) is 5.40. The number of nitrogens with one attached hydrogen (secondary N) is 2. The second-order valence-corrected chi connectivity index (χ2v) is 9.08. The number of rotatable bonds is 3. The molecular weight excluding hydrogens is 373 g/mol. The summed E-state index contributed by atoms with van der Waals surface area (Å²) in [6.07, 6.45) is 3.37. The van der Waals surface area contributed by atoms with Gasteiger partial charge in [-0.05, 0) is 92.1 Å². The van der Waals surface area contributed by atoms with Crippen molar-refractivity contribution in [2.24, 2.45) is 23.2 Å². The standard InChI is InChI=1S/C20H23F3N2OS/c21-20(22,23)15-2-1-3-16(7-15)24-18(27)25-17(26)11-19-8-12-4-13(9-19)6-14(5-12)10-19/h1-3,7,12-14H,4-6,8-11H2,(H2,24,25,26,27). The van der Waals surface area contributed by atoms with Gasteiger partial charge in [0.1, 0.15) is 0 Å². The van der Waals surface area contributed by atoms with Crippen molar-refractivity contribution >= 4 is 28.9 Å². The number of halogens is 3. The lowest BCUT2D eigenvalue weighted by Crippen LogP contribution is -2.48. The topological polar surface area (TPSA) is 41.1 Å². The minimum absolute atomic E-state index is 0.0454. The van der Waals surface area contributed by atoms with Crippen LogP contribution in [0.5, 0.6) is 0 Å². The Balaban J connectivity index is 1.34. The van der Waals surface area contributed by atoms with Crippen molar-refractivity contribution in [1.29, 1.82) is 0 Å². The lowest BCUT2D eigenvalue weighted by molar-refractivity contribution is -0.137. The van der Waals surface area contributed by atoms with Crippen LogP contribution in [-0.4, -0.2) is 11.0 Å². The van der Waals surface area contributed by atoms with Gasteiger partial charge in [0.25, 0.3) is 0 Å². The van der Waals surface area contributed by atoms with E-state index in [1.54, 1.807) is 0 Å². The number of amides is 1. The molecule has 0 spiro atoms. The van der Waals surface area contributed by atoms with Crippen LogP contribution in [0.15, 0.2) is 24.3 Å². The predicted octanol–water partition coefficient (Wildman–Crippen LogP) is 5.12. The predicted molar refractivity (Wildman–Crippen MR) is 101 cm³/mol. The number of benzene rings is 1. The largest absolute Gasteiger partial charge is 0.416 e. The molecule has 5 rings (SSSR count). The molecule has 4 bridgehead atoms. The van der Waals surface area contributed by atoms with Gasteiger partial charge in [-0.3, -0.25) is 4.79 Å².